The van der Waals surface area contributed by atoms with Crippen LogP contribution < -0.4 is 0 Å². The second kappa shape index (κ2) is 6.00. The van der Waals surface area contributed by atoms with Gasteiger partial charge in [-0.15, -0.1) is 0 Å². The summed E-state index contributed by atoms with van der Waals surface area (Å²) in [5, 5.41) is 0. The van der Waals surface area contributed by atoms with Crippen molar-refractivity contribution < 1.29 is 19.1 Å². The molecule has 96 valence electrons. The Morgan fingerprint density at radius 3 is 2.39 bits per heavy atom. The van der Waals surface area contributed by atoms with Crippen molar-refractivity contribution in [1.82, 2.24) is 0 Å². The van der Waals surface area contributed by atoms with Gasteiger partial charge in [-0.2, -0.15) is 0 Å². The lowest BCUT2D eigenvalue weighted by Gasteiger charge is -2.24. The summed E-state index contributed by atoms with van der Waals surface area (Å²) in [5.74, 6) is -1.30. The Morgan fingerprint density at radius 2 is 1.89 bits per heavy atom. The fourth-order valence-electron chi connectivity index (χ4n) is 1.57. The molecule has 0 saturated carbocycles. The molecule has 0 amide bonds. The van der Waals surface area contributed by atoms with Crippen LogP contribution in [-0.2, 0) is 24.5 Å². The van der Waals surface area contributed by atoms with Gasteiger partial charge in [0.1, 0.15) is 6.61 Å². The van der Waals surface area contributed by atoms with Gasteiger partial charge >= 0.3 is 11.9 Å². The quantitative estimate of drug-likeness (QED) is 0.453. The zero-order valence-electron chi connectivity index (χ0n) is 10.5. The molecule has 0 spiro atoms. The Hall–Kier alpha value is -2.10. The van der Waals surface area contributed by atoms with E-state index in [4.69, 9.17) is 9.47 Å². The maximum absolute atomic E-state index is 12.1. The molecular formula is C14H16O4. The minimum Gasteiger partial charge on any atom is -0.468 e. The van der Waals surface area contributed by atoms with Crippen molar-refractivity contribution in [2.45, 2.75) is 12.3 Å². The molecule has 0 saturated heterocycles. The Labute approximate surface area is 106 Å². The van der Waals surface area contributed by atoms with Crippen molar-refractivity contribution in [1.29, 1.82) is 0 Å². The molecule has 0 aromatic heterocycles. The van der Waals surface area contributed by atoms with Crippen LogP contribution in [0.2, 0.25) is 0 Å². The van der Waals surface area contributed by atoms with E-state index in [1.807, 2.05) is 0 Å². The molecule has 4 nitrogen and oxygen atoms in total. The topological polar surface area (TPSA) is 52.6 Å². The van der Waals surface area contributed by atoms with E-state index in [1.54, 1.807) is 30.3 Å². The lowest BCUT2D eigenvalue weighted by atomic mass is 9.82. The molecule has 4 heteroatoms. The van der Waals surface area contributed by atoms with E-state index in [1.165, 1.54) is 20.1 Å². The monoisotopic (exact) mass is 248 g/mol. The number of carbonyl (C=O) groups is 2. The fourth-order valence-corrected chi connectivity index (χ4v) is 1.57. The molecule has 0 aliphatic rings. The van der Waals surface area contributed by atoms with E-state index in [0.29, 0.717) is 5.56 Å². The van der Waals surface area contributed by atoms with Crippen LogP contribution in [-0.4, -0.2) is 25.7 Å². The fraction of sp³-hybridized carbons (Fsp3) is 0.286. The van der Waals surface area contributed by atoms with Gasteiger partial charge in [0.05, 0.1) is 7.11 Å². The van der Waals surface area contributed by atoms with E-state index in [-0.39, 0.29) is 6.61 Å². The number of hydrogen-bond donors (Lipinski definition) is 0. The van der Waals surface area contributed by atoms with Crippen LogP contribution in [0.1, 0.15) is 12.5 Å². The molecule has 0 radical (unpaired) electrons. The lowest BCUT2D eigenvalue weighted by molar-refractivity contribution is -0.162. The number of methoxy groups -OCH3 is 1. The highest BCUT2D eigenvalue weighted by Crippen LogP contribution is 2.27. The third kappa shape index (κ3) is 2.59. The molecule has 0 aliphatic carbocycles. The van der Waals surface area contributed by atoms with Crippen LogP contribution in [0.5, 0.6) is 0 Å². The van der Waals surface area contributed by atoms with Crippen LogP contribution in [0.3, 0.4) is 0 Å². The minimum atomic E-state index is -1.46. The number of ether oxygens (including phenoxy) is 2. The van der Waals surface area contributed by atoms with Crippen LogP contribution in [0.25, 0.3) is 0 Å². The summed E-state index contributed by atoms with van der Waals surface area (Å²) in [7, 11) is 1.24. The maximum atomic E-state index is 12.1. The molecule has 0 N–H and O–H groups in total. The van der Waals surface area contributed by atoms with Crippen LogP contribution in [0.4, 0.5) is 0 Å². The van der Waals surface area contributed by atoms with Gasteiger partial charge in [-0.3, -0.25) is 9.59 Å². The SMILES string of the molecule is C=CCOC(=O)[C@@](C)(C(=O)OC)c1ccccc1. The third-order valence-corrected chi connectivity index (χ3v) is 2.69. The summed E-state index contributed by atoms with van der Waals surface area (Å²) >= 11 is 0. The Kier molecular flexibility index (Phi) is 4.66. The number of rotatable bonds is 5. The summed E-state index contributed by atoms with van der Waals surface area (Å²) in [6.45, 7) is 5.00. The van der Waals surface area contributed by atoms with Crippen LogP contribution >= 0.6 is 0 Å². The van der Waals surface area contributed by atoms with E-state index in [9.17, 15) is 9.59 Å². The molecule has 0 aliphatic heterocycles. The molecule has 1 aromatic rings. The van der Waals surface area contributed by atoms with Crippen molar-refractivity contribution in [2.24, 2.45) is 0 Å². The summed E-state index contributed by atoms with van der Waals surface area (Å²) in [5.41, 5.74) is -0.926. The molecular weight excluding hydrogens is 232 g/mol. The molecule has 1 atom stereocenters. The number of esters is 2. The molecule has 1 rings (SSSR count). The molecule has 1 aromatic carbocycles. The Balaban J connectivity index is 3.15. The molecule has 0 unspecified atom stereocenters. The van der Waals surface area contributed by atoms with Crippen molar-refractivity contribution in [3.8, 4) is 0 Å². The Morgan fingerprint density at radius 1 is 1.28 bits per heavy atom. The van der Waals surface area contributed by atoms with Crippen molar-refractivity contribution in [3.05, 3.63) is 48.6 Å². The van der Waals surface area contributed by atoms with Gasteiger partial charge in [0.25, 0.3) is 0 Å². The molecule has 18 heavy (non-hydrogen) atoms. The largest absolute Gasteiger partial charge is 0.468 e. The smallest absolute Gasteiger partial charge is 0.328 e. The van der Waals surface area contributed by atoms with E-state index < -0.39 is 17.4 Å². The molecule has 0 fully saturated rings. The van der Waals surface area contributed by atoms with Crippen LogP contribution in [0.15, 0.2) is 43.0 Å². The second-order valence-electron chi connectivity index (χ2n) is 3.87. The number of carbonyl (C=O) groups excluding carboxylic acids is 2. The summed E-state index contributed by atoms with van der Waals surface area (Å²) in [4.78, 5) is 23.9. The van der Waals surface area contributed by atoms with Crippen molar-refractivity contribution in [2.75, 3.05) is 13.7 Å². The van der Waals surface area contributed by atoms with Crippen molar-refractivity contribution >= 4 is 11.9 Å². The first-order chi connectivity index (χ1) is 8.57. The predicted octanol–water partition coefficient (Wildman–Crippen LogP) is 1.85. The average molecular weight is 248 g/mol. The minimum absolute atomic E-state index is 0.0538. The highest BCUT2D eigenvalue weighted by molar-refractivity contribution is 6.05. The first-order valence-corrected chi connectivity index (χ1v) is 5.49. The maximum Gasteiger partial charge on any atom is 0.328 e. The average Bonchev–Trinajstić information content (AvgIpc) is 2.43. The highest BCUT2D eigenvalue weighted by atomic mass is 16.6. The van der Waals surface area contributed by atoms with E-state index >= 15 is 0 Å². The van der Waals surface area contributed by atoms with Gasteiger partial charge < -0.3 is 9.47 Å². The summed E-state index contributed by atoms with van der Waals surface area (Å²) in [6.07, 6.45) is 1.45. The molecule has 0 bridgehead atoms. The van der Waals surface area contributed by atoms with E-state index in [0.717, 1.165) is 0 Å². The van der Waals surface area contributed by atoms with Gasteiger partial charge in [-0.25, -0.2) is 0 Å². The number of hydrogen-bond acceptors (Lipinski definition) is 4. The molecule has 0 heterocycles. The van der Waals surface area contributed by atoms with Gasteiger partial charge in [-0.05, 0) is 12.5 Å². The summed E-state index contributed by atoms with van der Waals surface area (Å²) < 4.78 is 9.68. The first-order valence-electron chi connectivity index (χ1n) is 5.49. The van der Waals surface area contributed by atoms with Gasteiger partial charge in [-0.1, -0.05) is 43.0 Å². The number of benzene rings is 1. The van der Waals surface area contributed by atoms with Gasteiger partial charge in [0.15, 0.2) is 5.41 Å². The van der Waals surface area contributed by atoms with Crippen LogP contribution in [0, 0.1) is 0 Å². The standard InChI is InChI=1S/C14H16O4/c1-4-10-18-13(16)14(2,12(15)17-3)11-8-6-5-7-9-11/h4-9H,1,10H2,2-3H3/t14-/m1/s1. The predicted molar refractivity (Wildman–Crippen MR) is 67.0 cm³/mol. The first kappa shape index (κ1) is 14.0. The highest BCUT2D eigenvalue weighted by Gasteiger charge is 2.45. The van der Waals surface area contributed by atoms with Gasteiger partial charge in [0, 0.05) is 0 Å². The van der Waals surface area contributed by atoms with Gasteiger partial charge in [0.2, 0.25) is 0 Å². The zero-order valence-corrected chi connectivity index (χ0v) is 10.5. The van der Waals surface area contributed by atoms with Crippen molar-refractivity contribution in [3.63, 3.8) is 0 Å². The van der Waals surface area contributed by atoms with E-state index in [2.05, 4.69) is 6.58 Å². The Bertz CT molecular complexity index is 438. The zero-order chi connectivity index (χ0) is 13.6. The third-order valence-electron chi connectivity index (χ3n) is 2.69. The second-order valence-corrected chi connectivity index (χ2v) is 3.87. The lowest BCUT2D eigenvalue weighted by Crippen LogP contribution is -2.43. The summed E-state index contributed by atoms with van der Waals surface area (Å²) in [6, 6.07) is 8.67. The normalized spacial score (nSPS) is 13.2.